The van der Waals surface area contributed by atoms with Gasteiger partial charge in [-0.25, -0.2) is 4.39 Å². The number of nitrogens with one attached hydrogen (secondary N) is 1. The quantitative estimate of drug-likeness (QED) is 0.670. The SMILES string of the molecule is O=C1N(Cc2ccc(F)cc2)c2ccc(Cl)cc2C12NCCc1cccc(O)c12. The van der Waals surface area contributed by atoms with Crippen molar-refractivity contribution in [2.45, 2.75) is 18.5 Å². The van der Waals surface area contributed by atoms with Gasteiger partial charge >= 0.3 is 0 Å². The van der Waals surface area contributed by atoms with Gasteiger partial charge in [0.2, 0.25) is 0 Å². The third kappa shape index (κ3) is 2.65. The van der Waals surface area contributed by atoms with Crippen LogP contribution in [0, 0.1) is 5.82 Å². The minimum Gasteiger partial charge on any atom is -0.508 e. The lowest BCUT2D eigenvalue weighted by Crippen LogP contribution is -2.54. The number of phenolic OH excluding ortho intramolecular Hbond substituents is 1. The molecule has 0 radical (unpaired) electrons. The summed E-state index contributed by atoms with van der Waals surface area (Å²) in [5, 5.41) is 14.6. The highest BCUT2D eigenvalue weighted by Crippen LogP contribution is 2.50. The van der Waals surface area contributed by atoms with E-state index >= 15 is 0 Å². The molecule has 0 fully saturated rings. The van der Waals surface area contributed by atoms with Crippen LogP contribution in [0.3, 0.4) is 0 Å². The van der Waals surface area contributed by atoms with E-state index in [1.54, 1.807) is 41.3 Å². The van der Waals surface area contributed by atoms with Crippen molar-refractivity contribution in [3.8, 4) is 5.75 Å². The van der Waals surface area contributed by atoms with Crippen LogP contribution in [0.1, 0.15) is 22.3 Å². The molecular weight excluding hydrogens is 391 g/mol. The van der Waals surface area contributed by atoms with Crippen LogP contribution in [-0.2, 0) is 23.3 Å². The molecule has 6 heteroatoms. The number of nitrogens with zero attached hydrogens (tertiary/aromatic N) is 1. The summed E-state index contributed by atoms with van der Waals surface area (Å²) < 4.78 is 13.3. The Hall–Kier alpha value is -2.89. The van der Waals surface area contributed by atoms with Crippen molar-refractivity contribution in [3.63, 3.8) is 0 Å². The van der Waals surface area contributed by atoms with Crippen LogP contribution in [0.4, 0.5) is 10.1 Å². The lowest BCUT2D eigenvalue weighted by atomic mass is 9.77. The number of fused-ring (bicyclic) bond motifs is 4. The highest BCUT2D eigenvalue weighted by atomic mass is 35.5. The van der Waals surface area contributed by atoms with E-state index in [1.165, 1.54) is 12.1 Å². The van der Waals surface area contributed by atoms with Gasteiger partial charge in [0.15, 0.2) is 5.54 Å². The molecule has 1 unspecified atom stereocenters. The molecule has 1 spiro atoms. The Balaban J connectivity index is 1.71. The minimum atomic E-state index is -1.20. The predicted octanol–water partition coefficient (Wildman–Crippen LogP) is 4.12. The smallest absolute Gasteiger partial charge is 0.257 e. The van der Waals surface area contributed by atoms with Crippen LogP contribution in [0.2, 0.25) is 5.02 Å². The summed E-state index contributed by atoms with van der Waals surface area (Å²) in [5.41, 5.74) is 2.59. The van der Waals surface area contributed by atoms with Crippen molar-refractivity contribution in [2.24, 2.45) is 0 Å². The number of carbonyl (C=O) groups excluding carboxylic acids is 1. The van der Waals surface area contributed by atoms with E-state index in [0.717, 1.165) is 22.4 Å². The number of benzene rings is 3. The van der Waals surface area contributed by atoms with Crippen LogP contribution < -0.4 is 10.2 Å². The molecule has 2 N–H and O–H groups in total. The molecule has 2 aliphatic rings. The largest absolute Gasteiger partial charge is 0.508 e. The molecule has 2 aliphatic heterocycles. The van der Waals surface area contributed by atoms with Crippen molar-refractivity contribution < 1.29 is 14.3 Å². The van der Waals surface area contributed by atoms with Crippen molar-refractivity contribution in [1.29, 1.82) is 0 Å². The lowest BCUT2D eigenvalue weighted by Gasteiger charge is -2.36. The van der Waals surface area contributed by atoms with E-state index in [1.807, 2.05) is 12.1 Å². The zero-order valence-electron chi connectivity index (χ0n) is 15.5. The molecule has 2 heterocycles. The van der Waals surface area contributed by atoms with Crippen molar-refractivity contribution in [1.82, 2.24) is 5.32 Å². The Bertz CT molecular complexity index is 1130. The maximum atomic E-state index is 13.9. The van der Waals surface area contributed by atoms with Crippen LogP contribution in [0.15, 0.2) is 60.7 Å². The molecule has 0 bridgehead atoms. The fourth-order valence-corrected chi connectivity index (χ4v) is 4.69. The van der Waals surface area contributed by atoms with Crippen LogP contribution in [-0.4, -0.2) is 17.6 Å². The van der Waals surface area contributed by atoms with Crippen LogP contribution >= 0.6 is 11.6 Å². The monoisotopic (exact) mass is 408 g/mol. The van der Waals surface area contributed by atoms with Gasteiger partial charge < -0.3 is 10.0 Å². The maximum absolute atomic E-state index is 13.9. The van der Waals surface area contributed by atoms with Gasteiger partial charge in [0, 0.05) is 22.7 Å². The molecule has 1 amide bonds. The summed E-state index contributed by atoms with van der Waals surface area (Å²) in [6, 6.07) is 16.8. The second-order valence-electron chi connectivity index (χ2n) is 7.42. The van der Waals surface area contributed by atoms with Gasteiger partial charge in [0.1, 0.15) is 11.6 Å². The van der Waals surface area contributed by atoms with Gasteiger partial charge in [0.25, 0.3) is 5.91 Å². The number of hydrogen-bond donors (Lipinski definition) is 2. The van der Waals surface area contributed by atoms with Gasteiger partial charge in [0.05, 0.1) is 12.2 Å². The van der Waals surface area contributed by atoms with E-state index in [2.05, 4.69) is 5.32 Å². The number of hydrogen-bond acceptors (Lipinski definition) is 3. The average Bonchev–Trinajstić information content (AvgIpc) is 2.93. The third-order valence-electron chi connectivity index (χ3n) is 5.76. The van der Waals surface area contributed by atoms with Gasteiger partial charge in [-0.1, -0.05) is 35.9 Å². The summed E-state index contributed by atoms with van der Waals surface area (Å²) in [6.07, 6.45) is 0.715. The summed E-state index contributed by atoms with van der Waals surface area (Å²) in [7, 11) is 0. The topological polar surface area (TPSA) is 52.6 Å². The second-order valence-corrected chi connectivity index (χ2v) is 7.85. The van der Waals surface area contributed by atoms with Gasteiger partial charge in [-0.2, -0.15) is 0 Å². The fraction of sp³-hybridized carbons (Fsp3) is 0.174. The van der Waals surface area contributed by atoms with E-state index in [0.29, 0.717) is 30.1 Å². The molecule has 0 aliphatic carbocycles. The lowest BCUT2D eigenvalue weighted by molar-refractivity contribution is -0.123. The standard InChI is InChI=1S/C23H18ClFN2O2/c24-16-6-9-19-18(12-16)23(21-15(10-11-26-23)2-1-3-20(21)28)22(29)27(19)13-14-4-7-17(25)8-5-14/h1-9,12,26,28H,10-11,13H2. The van der Waals surface area contributed by atoms with E-state index in [-0.39, 0.29) is 17.5 Å². The van der Waals surface area contributed by atoms with E-state index < -0.39 is 5.54 Å². The van der Waals surface area contributed by atoms with Gasteiger partial charge in [-0.3, -0.25) is 10.1 Å². The molecule has 0 aromatic heterocycles. The fourth-order valence-electron chi connectivity index (χ4n) is 4.51. The molecule has 5 rings (SSSR count). The Morgan fingerprint density at radius 3 is 2.72 bits per heavy atom. The zero-order valence-corrected chi connectivity index (χ0v) is 16.2. The Morgan fingerprint density at radius 2 is 1.93 bits per heavy atom. The molecule has 29 heavy (non-hydrogen) atoms. The minimum absolute atomic E-state index is 0.0811. The van der Waals surface area contributed by atoms with E-state index in [4.69, 9.17) is 11.6 Å². The first-order valence-electron chi connectivity index (χ1n) is 9.43. The summed E-state index contributed by atoms with van der Waals surface area (Å²) >= 11 is 6.30. The zero-order chi connectivity index (χ0) is 20.2. The molecule has 0 saturated carbocycles. The van der Waals surface area contributed by atoms with Crippen molar-refractivity contribution in [2.75, 3.05) is 11.4 Å². The number of phenols is 1. The number of rotatable bonds is 2. The number of halogens is 2. The maximum Gasteiger partial charge on any atom is 0.257 e. The highest BCUT2D eigenvalue weighted by Gasteiger charge is 2.55. The average molecular weight is 409 g/mol. The predicted molar refractivity (Wildman–Crippen MR) is 110 cm³/mol. The Labute approximate surface area is 172 Å². The molecular formula is C23H18ClFN2O2. The first kappa shape index (κ1) is 18.2. The van der Waals surface area contributed by atoms with Gasteiger partial charge in [-0.15, -0.1) is 0 Å². The Kier molecular flexibility index (Phi) is 4.12. The molecule has 0 saturated heterocycles. The summed E-state index contributed by atoms with van der Waals surface area (Å²) in [5.74, 6) is -0.419. The second kappa shape index (κ2) is 6.58. The number of amides is 1. The van der Waals surface area contributed by atoms with Crippen molar-refractivity contribution in [3.05, 3.63) is 93.8 Å². The number of aromatic hydroxyl groups is 1. The van der Waals surface area contributed by atoms with E-state index in [9.17, 15) is 14.3 Å². The molecule has 1 atom stereocenters. The molecule has 4 nitrogen and oxygen atoms in total. The third-order valence-corrected chi connectivity index (χ3v) is 6.00. The normalized spacial score (nSPS) is 20.1. The highest BCUT2D eigenvalue weighted by molar-refractivity contribution is 6.31. The molecule has 146 valence electrons. The Morgan fingerprint density at radius 1 is 1.14 bits per heavy atom. The first-order valence-corrected chi connectivity index (χ1v) is 9.81. The number of anilines is 1. The molecule has 3 aromatic carbocycles. The van der Waals surface area contributed by atoms with Gasteiger partial charge in [-0.05, 0) is 53.9 Å². The summed E-state index contributed by atoms with van der Waals surface area (Å²) in [6.45, 7) is 0.888. The van der Waals surface area contributed by atoms with Crippen LogP contribution in [0.25, 0.3) is 0 Å². The first-order chi connectivity index (χ1) is 14.0. The molecule has 3 aromatic rings. The van der Waals surface area contributed by atoms with Crippen molar-refractivity contribution >= 4 is 23.2 Å². The van der Waals surface area contributed by atoms with Crippen LogP contribution in [0.5, 0.6) is 5.75 Å². The summed E-state index contributed by atoms with van der Waals surface area (Å²) in [4.78, 5) is 15.5. The number of carbonyl (C=O) groups is 1.